The van der Waals surface area contributed by atoms with Crippen molar-refractivity contribution in [3.8, 4) is 0 Å². The molecule has 3 aliphatic heterocycles. The standard InChI is InChI=1S/C45H43BN2/c1-27-11-5-7-15-37(27)47-39-20-19-30(44(2,3)4)26-36(39)46-35-14-9-13-34-43(35)48(41-18-10-17-40(47)42(41)46)38-16-8-6-12-33(38)45(34)31-22-28-21-29(24-31)25-32(45)23-28/h5-20,26,28-29,31-32H,21-25H2,1-4H3. The van der Waals surface area contributed by atoms with Crippen molar-refractivity contribution in [3.05, 3.63) is 125 Å². The third-order valence-corrected chi connectivity index (χ3v) is 13.7. The minimum Gasteiger partial charge on any atom is -0.311 e. The summed E-state index contributed by atoms with van der Waals surface area (Å²) in [6, 6.07) is 40.5. The predicted octanol–water partition coefficient (Wildman–Crippen LogP) is 9.43. The maximum absolute atomic E-state index is 2.71. The van der Waals surface area contributed by atoms with Crippen LogP contribution in [0.3, 0.4) is 0 Å². The van der Waals surface area contributed by atoms with E-state index in [1.807, 2.05) is 0 Å². The minimum absolute atomic E-state index is 0.0581. The van der Waals surface area contributed by atoms with Gasteiger partial charge in [0.15, 0.2) is 0 Å². The van der Waals surface area contributed by atoms with Gasteiger partial charge in [-0.2, -0.15) is 0 Å². The fourth-order valence-corrected chi connectivity index (χ4v) is 12.1. The average molecular weight is 623 g/mol. The van der Waals surface area contributed by atoms with E-state index >= 15 is 0 Å². The second-order valence-corrected chi connectivity index (χ2v) is 17.1. The van der Waals surface area contributed by atoms with Crippen molar-refractivity contribution in [2.75, 3.05) is 9.80 Å². The Labute approximate surface area is 285 Å². The topological polar surface area (TPSA) is 6.48 Å². The van der Waals surface area contributed by atoms with Gasteiger partial charge in [0.25, 0.3) is 6.71 Å². The number of hydrogen-bond acceptors (Lipinski definition) is 2. The molecule has 0 unspecified atom stereocenters. The van der Waals surface area contributed by atoms with Gasteiger partial charge in [0.2, 0.25) is 0 Å². The van der Waals surface area contributed by atoms with Gasteiger partial charge in [0.05, 0.1) is 5.69 Å². The van der Waals surface area contributed by atoms with Crippen LogP contribution in [0.25, 0.3) is 0 Å². The molecule has 0 saturated heterocycles. The van der Waals surface area contributed by atoms with Crippen LogP contribution in [-0.4, -0.2) is 6.71 Å². The zero-order valence-electron chi connectivity index (χ0n) is 28.6. The van der Waals surface area contributed by atoms with E-state index in [1.165, 1.54) is 93.7 Å². The number of nitrogens with zero attached hydrogens (tertiary/aromatic N) is 2. The molecule has 4 bridgehead atoms. The van der Waals surface area contributed by atoms with Gasteiger partial charge >= 0.3 is 0 Å². The molecule has 4 fully saturated rings. The van der Waals surface area contributed by atoms with Crippen LogP contribution in [0.5, 0.6) is 0 Å². The average Bonchev–Trinajstić information content (AvgIpc) is 3.08. The first-order chi connectivity index (χ1) is 23.3. The first-order valence-corrected chi connectivity index (χ1v) is 18.5. The van der Waals surface area contributed by atoms with E-state index in [2.05, 4.69) is 141 Å². The SMILES string of the molecule is Cc1ccccc1N1c2ccc(C(C)(C)C)cc2B2c3cccc4c3N(c3ccccc3C43C4CC5CC(C4)CC3C5)c3cccc1c32. The fourth-order valence-electron chi connectivity index (χ4n) is 12.1. The lowest BCUT2D eigenvalue weighted by atomic mass is 9.32. The number of rotatable bonds is 1. The number of para-hydroxylation sites is 3. The second-order valence-electron chi connectivity index (χ2n) is 17.1. The van der Waals surface area contributed by atoms with Crippen LogP contribution in [-0.2, 0) is 10.8 Å². The molecular weight excluding hydrogens is 579 g/mol. The molecule has 4 saturated carbocycles. The van der Waals surface area contributed by atoms with Gasteiger partial charge in [-0.3, -0.25) is 0 Å². The maximum Gasteiger partial charge on any atom is 0.252 e. The van der Waals surface area contributed by atoms with Crippen LogP contribution >= 0.6 is 0 Å². The van der Waals surface area contributed by atoms with E-state index in [1.54, 1.807) is 11.1 Å². The summed E-state index contributed by atoms with van der Waals surface area (Å²) in [4.78, 5) is 5.27. The van der Waals surface area contributed by atoms with Crippen LogP contribution in [0.4, 0.5) is 34.1 Å². The van der Waals surface area contributed by atoms with Gasteiger partial charge < -0.3 is 9.80 Å². The third-order valence-electron chi connectivity index (χ3n) is 13.7. The van der Waals surface area contributed by atoms with Crippen molar-refractivity contribution in [2.24, 2.45) is 23.7 Å². The molecule has 3 heteroatoms. The summed E-state index contributed by atoms with van der Waals surface area (Å²) in [5.41, 5.74) is 18.6. The van der Waals surface area contributed by atoms with Crippen LogP contribution < -0.4 is 26.2 Å². The predicted molar refractivity (Wildman–Crippen MR) is 202 cm³/mol. The first-order valence-electron chi connectivity index (χ1n) is 18.5. The highest BCUT2D eigenvalue weighted by Gasteiger charge is 2.62. The van der Waals surface area contributed by atoms with Crippen LogP contribution in [0.15, 0.2) is 103 Å². The van der Waals surface area contributed by atoms with E-state index in [0.717, 1.165) is 23.7 Å². The molecule has 5 aromatic carbocycles. The molecule has 0 aromatic heterocycles. The van der Waals surface area contributed by atoms with E-state index in [4.69, 9.17) is 0 Å². The smallest absolute Gasteiger partial charge is 0.252 e. The second kappa shape index (κ2) is 9.26. The Morgan fingerprint density at radius 3 is 1.94 bits per heavy atom. The molecule has 0 atom stereocenters. The monoisotopic (exact) mass is 622 g/mol. The van der Waals surface area contributed by atoms with Crippen LogP contribution in [0.1, 0.15) is 75.1 Å². The Balaban J connectivity index is 1.24. The summed E-state index contributed by atoms with van der Waals surface area (Å²) < 4.78 is 0. The van der Waals surface area contributed by atoms with E-state index in [0.29, 0.717) is 0 Å². The van der Waals surface area contributed by atoms with Gasteiger partial charge in [0, 0.05) is 33.9 Å². The Morgan fingerprint density at radius 1 is 0.583 bits per heavy atom. The van der Waals surface area contributed by atoms with Crippen molar-refractivity contribution in [1.82, 2.24) is 0 Å². The molecule has 0 amide bonds. The normalized spacial score (nSPS) is 26.7. The number of anilines is 6. The number of hydrogen-bond donors (Lipinski definition) is 0. The molecule has 48 heavy (non-hydrogen) atoms. The van der Waals surface area contributed by atoms with Crippen molar-refractivity contribution < 1.29 is 0 Å². The minimum atomic E-state index is 0.0581. The Hall–Kier alpha value is -4.24. The lowest BCUT2D eigenvalue weighted by Gasteiger charge is -2.64. The molecule has 4 aliphatic carbocycles. The number of fused-ring (bicyclic) bond motifs is 6. The highest BCUT2D eigenvalue weighted by molar-refractivity contribution is 7.00. The molecule has 236 valence electrons. The van der Waals surface area contributed by atoms with Crippen molar-refractivity contribution in [1.29, 1.82) is 0 Å². The summed E-state index contributed by atoms with van der Waals surface area (Å²) in [7, 11) is 0. The zero-order valence-corrected chi connectivity index (χ0v) is 28.6. The summed E-state index contributed by atoms with van der Waals surface area (Å²) >= 11 is 0. The molecule has 2 nitrogen and oxygen atoms in total. The van der Waals surface area contributed by atoms with E-state index in [9.17, 15) is 0 Å². The lowest BCUT2D eigenvalue weighted by molar-refractivity contribution is -0.0419. The lowest BCUT2D eigenvalue weighted by Crippen LogP contribution is -2.64. The Bertz CT molecular complexity index is 2160. The maximum atomic E-state index is 2.71. The van der Waals surface area contributed by atoms with Gasteiger partial charge in [-0.25, -0.2) is 0 Å². The van der Waals surface area contributed by atoms with Crippen LogP contribution in [0, 0.1) is 30.6 Å². The summed E-state index contributed by atoms with van der Waals surface area (Å²) in [6.45, 7) is 9.51. The molecule has 3 heterocycles. The van der Waals surface area contributed by atoms with Gasteiger partial charge in [-0.05, 0) is 137 Å². The van der Waals surface area contributed by atoms with Gasteiger partial charge in [-0.1, -0.05) is 93.6 Å². The highest BCUT2D eigenvalue weighted by atomic mass is 15.2. The summed E-state index contributed by atoms with van der Waals surface area (Å²) in [6.07, 6.45) is 7.08. The molecular formula is C45H43BN2. The largest absolute Gasteiger partial charge is 0.311 e. The van der Waals surface area contributed by atoms with E-state index in [-0.39, 0.29) is 17.5 Å². The zero-order chi connectivity index (χ0) is 32.1. The molecule has 7 aliphatic rings. The molecule has 0 N–H and O–H groups in total. The Kier molecular flexibility index (Phi) is 5.34. The fraction of sp³-hybridized carbons (Fsp3) is 0.333. The molecule has 5 aromatic rings. The number of benzene rings is 5. The summed E-state index contributed by atoms with van der Waals surface area (Å²) in [5.74, 6) is 3.33. The van der Waals surface area contributed by atoms with Crippen molar-refractivity contribution in [3.63, 3.8) is 0 Å². The van der Waals surface area contributed by atoms with E-state index < -0.39 is 0 Å². The Morgan fingerprint density at radius 2 is 1.21 bits per heavy atom. The van der Waals surface area contributed by atoms with Crippen molar-refractivity contribution >= 4 is 57.2 Å². The van der Waals surface area contributed by atoms with Crippen LogP contribution in [0.2, 0.25) is 0 Å². The highest BCUT2D eigenvalue weighted by Crippen LogP contribution is 2.69. The van der Waals surface area contributed by atoms with Gasteiger partial charge in [0.1, 0.15) is 0 Å². The van der Waals surface area contributed by atoms with Gasteiger partial charge in [-0.15, -0.1) is 0 Å². The summed E-state index contributed by atoms with van der Waals surface area (Å²) in [5, 5.41) is 0. The molecule has 1 spiro atoms. The first kappa shape index (κ1) is 27.7. The molecule has 12 rings (SSSR count). The number of aryl methyl sites for hydroxylation is 1. The third kappa shape index (κ3) is 3.31. The quantitative estimate of drug-likeness (QED) is 0.168. The van der Waals surface area contributed by atoms with Crippen molar-refractivity contribution in [2.45, 2.75) is 70.6 Å². The molecule has 0 radical (unpaired) electrons.